The highest BCUT2D eigenvalue weighted by atomic mass is 79.9. The van der Waals surface area contributed by atoms with Gasteiger partial charge in [0, 0.05) is 5.92 Å². The molecule has 0 unspecified atom stereocenters. The summed E-state index contributed by atoms with van der Waals surface area (Å²) in [7, 11) is 0. The van der Waals surface area contributed by atoms with Crippen molar-refractivity contribution < 1.29 is 5.11 Å². The van der Waals surface area contributed by atoms with Crippen molar-refractivity contribution in [2.75, 3.05) is 5.73 Å². The van der Waals surface area contributed by atoms with Crippen molar-refractivity contribution in [2.45, 2.75) is 44.1 Å². The van der Waals surface area contributed by atoms with Crippen LogP contribution in [0.2, 0.25) is 0 Å². The van der Waals surface area contributed by atoms with Crippen LogP contribution in [0, 0.1) is 0 Å². The minimum absolute atomic E-state index is 0.393. The summed E-state index contributed by atoms with van der Waals surface area (Å²) in [6.07, 6.45) is 5.30. The van der Waals surface area contributed by atoms with Crippen molar-refractivity contribution >= 4 is 21.7 Å². The Labute approximate surface area is 103 Å². The van der Waals surface area contributed by atoms with Crippen molar-refractivity contribution in [3.05, 3.63) is 16.5 Å². The lowest BCUT2D eigenvalue weighted by Gasteiger charge is -2.32. The second-order valence-electron chi connectivity index (χ2n) is 4.74. The van der Waals surface area contributed by atoms with E-state index < -0.39 is 5.60 Å². The Balaban J connectivity index is 2.11. The van der Waals surface area contributed by atoms with Crippen LogP contribution in [0.3, 0.4) is 0 Å². The molecule has 0 spiro atoms. The lowest BCUT2D eigenvalue weighted by molar-refractivity contribution is 0.0168. The SMILES string of the molecule is C[C@]1(O)CC[C@H](c2cnc(N)c(Br)n2)CC1. The maximum atomic E-state index is 9.87. The van der Waals surface area contributed by atoms with Gasteiger partial charge in [0.25, 0.3) is 0 Å². The molecule has 0 radical (unpaired) electrons. The smallest absolute Gasteiger partial charge is 0.156 e. The molecule has 0 atom stereocenters. The molecule has 1 aliphatic carbocycles. The van der Waals surface area contributed by atoms with Gasteiger partial charge in [-0.2, -0.15) is 0 Å². The third kappa shape index (κ3) is 2.52. The van der Waals surface area contributed by atoms with Gasteiger partial charge in [-0.1, -0.05) is 0 Å². The van der Waals surface area contributed by atoms with E-state index in [0.29, 0.717) is 16.3 Å². The molecule has 2 rings (SSSR count). The van der Waals surface area contributed by atoms with E-state index >= 15 is 0 Å². The molecule has 0 amide bonds. The van der Waals surface area contributed by atoms with Crippen molar-refractivity contribution in [1.29, 1.82) is 0 Å². The van der Waals surface area contributed by atoms with E-state index in [1.807, 2.05) is 6.92 Å². The Bertz CT molecular complexity index is 385. The number of aromatic nitrogens is 2. The minimum Gasteiger partial charge on any atom is -0.390 e. The molecule has 88 valence electrons. The van der Waals surface area contributed by atoms with E-state index in [9.17, 15) is 5.11 Å². The van der Waals surface area contributed by atoms with Crippen molar-refractivity contribution in [2.24, 2.45) is 0 Å². The third-order valence-electron chi connectivity index (χ3n) is 3.26. The van der Waals surface area contributed by atoms with Crippen LogP contribution in [0.25, 0.3) is 0 Å². The summed E-state index contributed by atoms with van der Waals surface area (Å²) in [6.45, 7) is 1.90. The first-order valence-corrected chi connectivity index (χ1v) is 6.27. The molecule has 1 aromatic rings. The van der Waals surface area contributed by atoms with E-state index in [1.54, 1.807) is 6.20 Å². The number of hydrogen-bond donors (Lipinski definition) is 2. The number of nitrogens with zero attached hydrogens (tertiary/aromatic N) is 2. The van der Waals surface area contributed by atoms with Gasteiger partial charge in [-0.05, 0) is 48.5 Å². The molecule has 16 heavy (non-hydrogen) atoms. The summed E-state index contributed by atoms with van der Waals surface area (Å²) in [5.41, 5.74) is 6.06. The summed E-state index contributed by atoms with van der Waals surface area (Å²) >= 11 is 3.29. The van der Waals surface area contributed by atoms with E-state index in [0.717, 1.165) is 31.4 Å². The number of nitrogen functional groups attached to an aromatic ring is 1. The van der Waals surface area contributed by atoms with Crippen molar-refractivity contribution in [3.63, 3.8) is 0 Å². The molecule has 3 N–H and O–H groups in total. The summed E-state index contributed by atoms with van der Waals surface area (Å²) in [5, 5.41) is 9.87. The van der Waals surface area contributed by atoms with Gasteiger partial charge in [0.2, 0.25) is 0 Å². The fourth-order valence-electron chi connectivity index (χ4n) is 2.12. The number of nitrogens with two attached hydrogens (primary N) is 1. The highest BCUT2D eigenvalue weighted by molar-refractivity contribution is 9.10. The second-order valence-corrected chi connectivity index (χ2v) is 5.49. The predicted molar refractivity (Wildman–Crippen MR) is 66.0 cm³/mol. The Hall–Kier alpha value is -0.680. The first-order chi connectivity index (χ1) is 7.48. The number of aliphatic hydroxyl groups is 1. The molecule has 0 aliphatic heterocycles. The lowest BCUT2D eigenvalue weighted by atomic mass is 9.79. The van der Waals surface area contributed by atoms with Crippen LogP contribution in [0.5, 0.6) is 0 Å². The predicted octanol–water partition coefficient (Wildman–Crippen LogP) is 2.23. The zero-order valence-electron chi connectivity index (χ0n) is 9.28. The molecule has 1 fully saturated rings. The van der Waals surface area contributed by atoms with Gasteiger partial charge in [-0.25, -0.2) is 9.97 Å². The summed E-state index contributed by atoms with van der Waals surface area (Å²) in [5.74, 6) is 0.816. The molecule has 1 aromatic heterocycles. The quantitative estimate of drug-likeness (QED) is 0.830. The van der Waals surface area contributed by atoms with Gasteiger partial charge in [0.1, 0.15) is 4.60 Å². The minimum atomic E-state index is -0.505. The first kappa shape index (κ1) is 11.8. The zero-order chi connectivity index (χ0) is 11.8. The monoisotopic (exact) mass is 285 g/mol. The van der Waals surface area contributed by atoms with Crippen LogP contribution >= 0.6 is 15.9 Å². The Kier molecular flexibility index (Phi) is 3.17. The molecule has 1 heterocycles. The van der Waals surface area contributed by atoms with Crippen LogP contribution in [0.1, 0.15) is 44.2 Å². The fourth-order valence-corrected chi connectivity index (χ4v) is 2.43. The van der Waals surface area contributed by atoms with Crippen LogP contribution in [0.15, 0.2) is 10.8 Å². The standard InChI is InChI=1S/C11H16BrN3O/c1-11(16)4-2-7(3-5-11)8-6-14-10(13)9(12)15-8/h6-7,16H,2-5H2,1H3,(H2,13,14)/t7-,11-. The Morgan fingerprint density at radius 2 is 2.12 bits per heavy atom. The average Bonchev–Trinajstić information content (AvgIpc) is 2.22. The average molecular weight is 286 g/mol. The first-order valence-electron chi connectivity index (χ1n) is 5.48. The summed E-state index contributed by atoms with van der Waals surface area (Å²) < 4.78 is 0.613. The largest absolute Gasteiger partial charge is 0.390 e. The molecule has 0 aromatic carbocycles. The molecule has 1 aliphatic rings. The molecule has 1 saturated carbocycles. The normalized spacial score (nSPS) is 30.3. The Morgan fingerprint density at radius 3 is 2.69 bits per heavy atom. The van der Waals surface area contributed by atoms with Crippen molar-refractivity contribution in [1.82, 2.24) is 9.97 Å². The molecule has 0 saturated heterocycles. The summed E-state index contributed by atoms with van der Waals surface area (Å²) in [6, 6.07) is 0. The van der Waals surface area contributed by atoms with E-state index in [4.69, 9.17) is 5.73 Å². The van der Waals surface area contributed by atoms with Crippen LogP contribution < -0.4 is 5.73 Å². The third-order valence-corrected chi connectivity index (χ3v) is 3.84. The topological polar surface area (TPSA) is 72.0 Å². The number of hydrogen-bond acceptors (Lipinski definition) is 4. The van der Waals surface area contributed by atoms with Crippen LogP contribution in [-0.4, -0.2) is 20.7 Å². The summed E-state index contributed by atoms with van der Waals surface area (Å²) in [4.78, 5) is 8.49. The number of rotatable bonds is 1. The van der Waals surface area contributed by atoms with Gasteiger partial charge in [-0.15, -0.1) is 0 Å². The molecule has 0 bridgehead atoms. The van der Waals surface area contributed by atoms with E-state index in [2.05, 4.69) is 25.9 Å². The van der Waals surface area contributed by atoms with Crippen LogP contribution in [-0.2, 0) is 0 Å². The molecular formula is C11H16BrN3O. The maximum absolute atomic E-state index is 9.87. The molecular weight excluding hydrogens is 270 g/mol. The Morgan fingerprint density at radius 1 is 1.50 bits per heavy atom. The van der Waals surface area contributed by atoms with Crippen LogP contribution in [0.4, 0.5) is 5.82 Å². The molecule has 5 heteroatoms. The fraction of sp³-hybridized carbons (Fsp3) is 0.636. The molecule has 4 nitrogen and oxygen atoms in total. The van der Waals surface area contributed by atoms with Crippen molar-refractivity contribution in [3.8, 4) is 0 Å². The number of anilines is 1. The van der Waals surface area contributed by atoms with Gasteiger partial charge >= 0.3 is 0 Å². The van der Waals surface area contributed by atoms with Gasteiger partial charge < -0.3 is 10.8 Å². The highest BCUT2D eigenvalue weighted by Gasteiger charge is 2.30. The zero-order valence-corrected chi connectivity index (χ0v) is 10.9. The van der Waals surface area contributed by atoms with E-state index in [1.165, 1.54) is 0 Å². The number of halogens is 1. The second kappa shape index (κ2) is 4.30. The van der Waals surface area contributed by atoms with E-state index in [-0.39, 0.29) is 0 Å². The van der Waals surface area contributed by atoms with Gasteiger partial charge in [0.05, 0.1) is 17.5 Å². The van der Waals surface area contributed by atoms with Gasteiger partial charge in [-0.3, -0.25) is 0 Å². The highest BCUT2D eigenvalue weighted by Crippen LogP contribution is 2.37. The maximum Gasteiger partial charge on any atom is 0.156 e. The van der Waals surface area contributed by atoms with Gasteiger partial charge in [0.15, 0.2) is 5.82 Å². The lowest BCUT2D eigenvalue weighted by Crippen LogP contribution is -2.29.